The van der Waals surface area contributed by atoms with E-state index in [1.165, 1.54) is 59.8 Å². The molecule has 7 heteroatoms. The van der Waals surface area contributed by atoms with Crippen molar-refractivity contribution >= 4 is 87.2 Å². The van der Waals surface area contributed by atoms with E-state index < -0.39 is 0 Å². The van der Waals surface area contributed by atoms with Gasteiger partial charge in [0.2, 0.25) is 0 Å². The Morgan fingerprint density at radius 1 is 0.211 bits per heavy atom. The molecular formula is C69H43N7. The summed E-state index contributed by atoms with van der Waals surface area (Å²) >= 11 is 0. The van der Waals surface area contributed by atoms with E-state index in [1.54, 1.807) is 0 Å². The van der Waals surface area contributed by atoms with Crippen molar-refractivity contribution in [2.45, 2.75) is 0 Å². The molecule has 0 fully saturated rings. The average molecular weight is 970 g/mol. The summed E-state index contributed by atoms with van der Waals surface area (Å²) in [6, 6.07) is 93.4. The van der Waals surface area contributed by atoms with Crippen LogP contribution < -0.4 is 0 Å². The van der Waals surface area contributed by atoms with Gasteiger partial charge in [0.05, 0.1) is 44.1 Å². The van der Waals surface area contributed by atoms with E-state index >= 15 is 0 Å². The minimum absolute atomic E-state index is 0.613. The van der Waals surface area contributed by atoms with E-state index in [-0.39, 0.29) is 0 Å². The number of benzene rings is 11. The van der Waals surface area contributed by atoms with Crippen molar-refractivity contribution in [3.05, 3.63) is 261 Å². The van der Waals surface area contributed by atoms with Gasteiger partial charge in [-0.25, -0.2) is 15.0 Å². The summed E-state index contributed by atoms with van der Waals surface area (Å²) < 4.78 is 9.80. The maximum Gasteiger partial charge on any atom is 0.164 e. The van der Waals surface area contributed by atoms with E-state index in [1.807, 2.05) is 36.4 Å². The highest BCUT2D eigenvalue weighted by atomic mass is 15.1. The predicted molar refractivity (Wildman–Crippen MR) is 313 cm³/mol. The van der Waals surface area contributed by atoms with Gasteiger partial charge in [-0.15, -0.1) is 0 Å². The molecule has 0 amide bonds. The Balaban J connectivity index is 0.982. The van der Waals surface area contributed by atoms with Crippen LogP contribution in [0.2, 0.25) is 0 Å². The van der Waals surface area contributed by atoms with Gasteiger partial charge < -0.3 is 18.3 Å². The second-order valence-electron chi connectivity index (χ2n) is 19.6. The fraction of sp³-hybridized carbons (Fsp3) is 0. The molecule has 16 rings (SSSR count). The minimum Gasteiger partial charge on any atom is -0.309 e. The molecule has 0 saturated carbocycles. The van der Waals surface area contributed by atoms with Crippen LogP contribution in [0.4, 0.5) is 0 Å². The molecule has 0 bridgehead atoms. The fourth-order valence-electron chi connectivity index (χ4n) is 12.1. The Morgan fingerprint density at radius 3 is 1.16 bits per heavy atom. The van der Waals surface area contributed by atoms with Crippen molar-refractivity contribution in [1.29, 1.82) is 0 Å². The van der Waals surface area contributed by atoms with Gasteiger partial charge >= 0.3 is 0 Å². The van der Waals surface area contributed by atoms with Crippen LogP contribution in [0, 0.1) is 0 Å². The molecule has 11 aromatic carbocycles. The number of nitrogens with zero attached hydrogens (tertiary/aromatic N) is 7. The van der Waals surface area contributed by atoms with Crippen LogP contribution in [0.3, 0.4) is 0 Å². The molecule has 76 heavy (non-hydrogen) atoms. The molecule has 0 aliphatic carbocycles. The van der Waals surface area contributed by atoms with Gasteiger partial charge in [0.25, 0.3) is 0 Å². The summed E-state index contributed by atoms with van der Waals surface area (Å²) in [5.41, 5.74) is 16.4. The highest BCUT2D eigenvalue weighted by molar-refractivity contribution is 6.28. The topological polar surface area (TPSA) is 58.4 Å². The Labute approximate surface area is 436 Å². The average Bonchev–Trinajstić information content (AvgIpc) is 4.36. The summed E-state index contributed by atoms with van der Waals surface area (Å²) in [7, 11) is 0. The molecule has 0 unspecified atom stereocenters. The largest absolute Gasteiger partial charge is 0.309 e. The maximum absolute atomic E-state index is 5.17. The third-order valence-electron chi connectivity index (χ3n) is 15.4. The molecule has 354 valence electrons. The number of hydrogen-bond donors (Lipinski definition) is 0. The molecule has 0 aliphatic rings. The van der Waals surface area contributed by atoms with Crippen molar-refractivity contribution in [3.63, 3.8) is 0 Å². The van der Waals surface area contributed by atoms with Gasteiger partial charge in [0.15, 0.2) is 17.5 Å². The van der Waals surface area contributed by atoms with Crippen LogP contribution in [0.25, 0.3) is 144 Å². The first-order valence-corrected chi connectivity index (χ1v) is 25.8. The molecule has 16 aromatic rings. The Hall–Kier alpha value is -10.4. The van der Waals surface area contributed by atoms with Crippen molar-refractivity contribution in [1.82, 2.24) is 33.2 Å². The van der Waals surface area contributed by atoms with Crippen LogP contribution in [0.1, 0.15) is 0 Å². The van der Waals surface area contributed by atoms with E-state index in [4.69, 9.17) is 15.0 Å². The second kappa shape index (κ2) is 16.6. The lowest BCUT2D eigenvalue weighted by Crippen LogP contribution is -2.00. The molecule has 0 atom stereocenters. The molecule has 5 heterocycles. The van der Waals surface area contributed by atoms with E-state index in [0.717, 1.165) is 66.9 Å². The molecule has 0 spiro atoms. The maximum atomic E-state index is 5.17. The van der Waals surface area contributed by atoms with Crippen LogP contribution in [-0.4, -0.2) is 33.2 Å². The quantitative estimate of drug-likeness (QED) is 0.160. The Bertz CT molecular complexity index is 4900. The first-order valence-electron chi connectivity index (χ1n) is 25.8. The zero-order valence-corrected chi connectivity index (χ0v) is 41.0. The monoisotopic (exact) mass is 969 g/mol. The van der Waals surface area contributed by atoms with Gasteiger partial charge in [-0.05, 0) is 84.9 Å². The normalized spacial score (nSPS) is 11.9. The van der Waals surface area contributed by atoms with Crippen molar-refractivity contribution in [2.75, 3.05) is 0 Å². The van der Waals surface area contributed by atoms with Gasteiger partial charge in [-0.2, -0.15) is 0 Å². The smallest absolute Gasteiger partial charge is 0.164 e. The first kappa shape index (κ1) is 42.2. The standard InChI is InChI=1S/C69H43N7/c1-6-20-44(21-7-1)67-70-68(45-22-8-2-9-23-45)72-69(71-67)46-34-36-55-62(42-46)74(48-26-12-4-13-27-48)61-41-38-53-56-43-50(35-39-59(56)75(66(53)64(55)61)49-28-14-5-15-29-49)76-57-32-18-16-30-51(57)52-37-40-60-63(65(52)76)54-31-17-19-33-58(54)73(60)47-24-10-3-11-25-47/h1-43H. The number of rotatable bonds is 7. The SMILES string of the molecule is c1ccc(-c2nc(-c3ccccc3)nc(-c3ccc4c5c(ccc6c7cc(-n8c9ccccc9c9ccc%10c(c%11ccccc%11n%10-c%10ccccc%10)c98)ccc7n(-c7ccccc7)c65)n(-c5ccccc5)c4c3)n2)cc1. The van der Waals surface area contributed by atoms with Gasteiger partial charge in [0.1, 0.15) is 0 Å². The van der Waals surface area contributed by atoms with Gasteiger partial charge in [-0.1, -0.05) is 176 Å². The second-order valence-corrected chi connectivity index (χ2v) is 19.6. The lowest BCUT2D eigenvalue weighted by Gasteiger charge is -2.12. The molecule has 5 aromatic heterocycles. The van der Waals surface area contributed by atoms with E-state index in [9.17, 15) is 0 Å². The highest BCUT2D eigenvalue weighted by Crippen LogP contribution is 2.46. The van der Waals surface area contributed by atoms with Gasteiger partial charge in [0, 0.05) is 82.5 Å². The Kier molecular flexibility index (Phi) is 9.20. The molecule has 0 radical (unpaired) electrons. The van der Waals surface area contributed by atoms with Crippen LogP contribution in [-0.2, 0) is 0 Å². The number of hydrogen-bond acceptors (Lipinski definition) is 3. The van der Waals surface area contributed by atoms with Crippen LogP contribution in [0.15, 0.2) is 261 Å². The van der Waals surface area contributed by atoms with E-state index in [2.05, 4.69) is 243 Å². The number of aromatic nitrogens is 7. The fourth-order valence-corrected chi connectivity index (χ4v) is 12.1. The zero-order valence-electron chi connectivity index (χ0n) is 41.0. The summed E-state index contributed by atoms with van der Waals surface area (Å²) in [6.45, 7) is 0. The van der Waals surface area contributed by atoms with Crippen LogP contribution >= 0.6 is 0 Å². The van der Waals surface area contributed by atoms with Crippen LogP contribution in [0.5, 0.6) is 0 Å². The molecule has 0 saturated heterocycles. The van der Waals surface area contributed by atoms with Crippen molar-refractivity contribution in [3.8, 4) is 56.9 Å². The highest BCUT2D eigenvalue weighted by Gasteiger charge is 2.25. The lowest BCUT2D eigenvalue weighted by molar-refractivity contribution is 1.07. The first-order chi connectivity index (χ1) is 37.7. The van der Waals surface area contributed by atoms with Crippen molar-refractivity contribution < 1.29 is 0 Å². The summed E-state index contributed by atoms with van der Waals surface area (Å²) in [5.74, 6) is 1.87. The zero-order chi connectivity index (χ0) is 49.8. The molecular weight excluding hydrogens is 927 g/mol. The number of fused-ring (bicyclic) bond motifs is 14. The Morgan fingerprint density at radius 2 is 0.592 bits per heavy atom. The lowest BCUT2D eigenvalue weighted by atomic mass is 10.1. The summed E-state index contributed by atoms with van der Waals surface area (Å²) in [4.78, 5) is 15.4. The van der Waals surface area contributed by atoms with Crippen molar-refractivity contribution in [2.24, 2.45) is 0 Å². The molecule has 0 aliphatic heterocycles. The molecule has 7 nitrogen and oxygen atoms in total. The number of para-hydroxylation sites is 5. The third kappa shape index (κ3) is 6.26. The molecule has 0 N–H and O–H groups in total. The van der Waals surface area contributed by atoms with Gasteiger partial charge in [-0.3, -0.25) is 0 Å². The summed E-state index contributed by atoms with van der Waals surface area (Å²) in [5, 5.41) is 9.56. The van der Waals surface area contributed by atoms with E-state index in [0.29, 0.717) is 17.5 Å². The predicted octanol–water partition coefficient (Wildman–Crippen LogP) is 17.3. The minimum atomic E-state index is 0.613. The summed E-state index contributed by atoms with van der Waals surface area (Å²) in [6.07, 6.45) is 0. The third-order valence-corrected chi connectivity index (χ3v) is 15.4.